The molecule has 19 heavy (non-hydrogen) atoms. The highest BCUT2D eigenvalue weighted by atomic mass is 16.5. The van der Waals surface area contributed by atoms with Crippen LogP contribution in [0.1, 0.15) is 49.4 Å². The molecule has 2 unspecified atom stereocenters. The Morgan fingerprint density at radius 1 is 1.42 bits per heavy atom. The number of nitrogen functional groups attached to an aromatic ring is 1. The summed E-state index contributed by atoms with van der Waals surface area (Å²) in [5.74, 6) is 1.26. The van der Waals surface area contributed by atoms with Gasteiger partial charge in [-0.05, 0) is 50.7 Å². The van der Waals surface area contributed by atoms with Crippen molar-refractivity contribution in [2.24, 2.45) is 11.7 Å². The first-order valence-electron chi connectivity index (χ1n) is 6.96. The fourth-order valence-corrected chi connectivity index (χ4v) is 2.86. The second kappa shape index (κ2) is 5.59. The number of rotatable bonds is 3. The van der Waals surface area contributed by atoms with Crippen LogP contribution in [0.25, 0.3) is 0 Å². The number of aryl methyl sites for hydroxylation is 2. The van der Waals surface area contributed by atoms with E-state index in [1.807, 2.05) is 19.9 Å². The van der Waals surface area contributed by atoms with Gasteiger partial charge in [0, 0.05) is 5.69 Å². The average molecular weight is 261 g/mol. The molecule has 0 saturated heterocycles. The lowest BCUT2D eigenvalue weighted by Gasteiger charge is -2.28. The maximum absolute atomic E-state index is 7.70. The van der Waals surface area contributed by atoms with Crippen molar-refractivity contribution in [1.82, 2.24) is 4.98 Å². The van der Waals surface area contributed by atoms with Gasteiger partial charge in [0.1, 0.15) is 11.9 Å². The van der Waals surface area contributed by atoms with Crippen LogP contribution in [0.3, 0.4) is 0 Å². The van der Waals surface area contributed by atoms with Crippen LogP contribution in [0.15, 0.2) is 6.07 Å². The molecule has 4 nitrogen and oxygen atoms in total. The van der Waals surface area contributed by atoms with Gasteiger partial charge in [0.25, 0.3) is 0 Å². The number of nitrogens with one attached hydrogen (secondary N) is 1. The van der Waals surface area contributed by atoms with E-state index in [4.69, 9.17) is 15.9 Å². The van der Waals surface area contributed by atoms with Gasteiger partial charge >= 0.3 is 0 Å². The lowest BCUT2D eigenvalue weighted by Crippen LogP contribution is -2.26. The number of amidine groups is 1. The molecule has 1 aliphatic carbocycles. The largest absolute Gasteiger partial charge is 0.474 e. The molecule has 4 heteroatoms. The molecule has 0 radical (unpaired) electrons. The van der Waals surface area contributed by atoms with E-state index in [0.29, 0.717) is 17.4 Å². The lowest BCUT2D eigenvalue weighted by molar-refractivity contribution is 0.123. The molecule has 1 aromatic rings. The molecule has 1 aromatic heterocycles. The van der Waals surface area contributed by atoms with Crippen molar-refractivity contribution in [1.29, 1.82) is 5.41 Å². The Bertz CT molecular complexity index is 485. The predicted molar refractivity (Wildman–Crippen MR) is 76.8 cm³/mol. The van der Waals surface area contributed by atoms with Crippen LogP contribution in [-0.2, 0) is 0 Å². The van der Waals surface area contributed by atoms with Crippen LogP contribution >= 0.6 is 0 Å². The fourth-order valence-electron chi connectivity index (χ4n) is 2.86. The van der Waals surface area contributed by atoms with Crippen molar-refractivity contribution < 1.29 is 4.74 Å². The Morgan fingerprint density at radius 2 is 2.16 bits per heavy atom. The number of hydrogen-bond acceptors (Lipinski definition) is 3. The van der Waals surface area contributed by atoms with Gasteiger partial charge in [-0.2, -0.15) is 0 Å². The van der Waals surface area contributed by atoms with E-state index in [1.54, 1.807) is 0 Å². The average Bonchev–Trinajstić information content (AvgIpc) is 2.26. The van der Waals surface area contributed by atoms with Gasteiger partial charge in [0.05, 0.1) is 5.56 Å². The Balaban J connectivity index is 2.25. The number of nitrogens with zero attached hydrogens (tertiary/aromatic N) is 1. The van der Waals surface area contributed by atoms with Gasteiger partial charge in [-0.3, -0.25) is 5.41 Å². The summed E-state index contributed by atoms with van der Waals surface area (Å²) in [6.07, 6.45) is 4.81. The number of hydrogen-bond donors (Lipinski definition) is 2. The summed E-state index contributed by atoms with van der Waals surface area (Å²) >= 11 is 0. The molecular weight excluding hydrogens is 238 g/mol. The molecule has 0 aliphatic heterocycles. The first-order chi connectivity index (χ1) is 8.97. The highest BCUT2D eigenvalue weighted by molar-refractivity contribution is 5.98. The molecule has 1 fully saturated rings. The molecule has 1 heterocycles. The third-order valence-electron chi connectivity index (χ3n) is 3.75. The van der Waals surface area contributed by atoms with Crippen LogP contribution in [-0.4, -0.2) is 16.9 Å². The molecule has 3 N–H and O–H groups in total. The maximum Gasteiger partial charge on any atom is 0.225 e. The molecule has 1 saturated carbocycles. The highest BCUT2D eigenvalue weighted by Crippen LogP contribution is 2.29. The third kappa shape index (κ3) is 3.25. The van der Waals surface area contributed by atoms with Crippen molar-refractivity contribution in [3.05, 3.63) is 22.9 Å². The standard InChI is InChI=1S/C15H23N3O/c1-9-5-4-6-12(7-9)19-15-13(14(16)17)10(2)8-11(3)18-15/h8-9,12H,4-7H2,1-3H3,(H3,16,17). The molecule has 0 aromatic carbocycles. The molecule has 104 valence electrons. The fraction of sp³-hybridized carbons (Fsp3) is 0.600. The summed E-state index contributed by atoms with van der Waals surface area (Å²) < 4.78 is 6.05. The number of ether oxygens (including phenoxy) is 1. The van der Waals surface area contributed by atoms with Crippen molar-refractivity contribution in [2.45, 2.75) is 52.6 Å². The van der Waals surface area contributed by atoms with Crippen molar-refractivity contribution in [3.8, 4) is 5.88 Å². The normalized spacial score (nSPS) is 23.1. The summed E-state index contributed by atoms with van der Waals surface area (Å²) in [5.41, 5.74) is 8.16. The van der Waals surface area contributed by atoms with Crippen LogP contribution in [0.2, 0.25) is 0 Å². The van der Waals surface area contributed by atoms with Gasteiger partial charge in [0.2, 0.25) is 5.88 Å². The zero-order valence-electron chi connectivity index (χ0n) is 12.0. The van der Waals surface area contributed by atoms with Crippen molar-refractivity contribution in [3.63, 3.8) is 0 Å². The molecule has 0 spiro atoms. The van der Waals surface area contributed by atoms with Crippen LogP contribution in [0.5, 0.6) is 5.88 Å². The Hall–Kier alpha value is -1.58. The summed E-state index contributed by atoms with van der Waals surface area (Å²) in [4.78, 5) is 4.43. The zero-order chi connectivity index (χ0) is 14.0. The van der Waals surface area contributed by atoms with E-state index in [-0.39, 0.29) is 11.9 Å². The zero-order valence-corrected chi connectivity index (χ0v) is 12.0. The minimum atomic E-state index is 0.0313. The van der Waals surface area contributed by atoms with E-state index in [0.717, 1.165) is 24.1 Å². The summed E-state index contributed by atoms with van der Waals surface area (Å²) in [5, 5.41) is 7.70. The summed E-state index contributed by atoms with van der Waals surface area (Å²) in [7, 11) is 0. The smallest absolute Gasteiger partial charge is 0.225 e. The van der Waals surface area contributed by atoms with Crippen molar-refractivity contribution >= 4 is 5.84 Å². The minimum Gasteiger partial charge on any atom is -0.474 e. The van der Waals surface area contributed by atoms with Crippen LogP contribution in [0.4, 0.5) is 0 Å². The van der Waals surface area contributed by atoms with Gasteiger partial charge in [-0.15, -0.1) is 0 Å². The topological polar surface area (TPSA) is 72.0 Å². The first kappa shape index (κ1) is 13.8. The Kier molecular flexibility index (Phi) is 4.08. The second-order valence-electron chi connectivity index (χ2n) is 5.69. The van der Waals surface area contributed by atoms with E-state index in [1.165, 1.54) is 12.8 Å². The second-order valence-corrected chi connectivity index (χ2v) is 5.69. The number of aromatic nitrogens is 1. The monoisotopic (exact) mass is 261 g/mol. The van der Waals surface area contributed by atoms with Gasteiger partial charge in [0.15, 0.2) is 0 Å². The highest BCUT2D eigenvalue weighted by Gasteiger charge is 2.23. The summed E-state index contributed by atoms with van der Waals surface area (Å²) in [6, 6.07) is 1.94. The van der Waals surface area contributed by atoms with Crippen LogP contribution < -0.4 is 10.5 Å². The first-order valence-corrected chi connectivity index (χ1v) is 6.96. The predicted octanol–water partition coefficient (Wildman–Crippen LogP) is 2.94. The molecular formula is C15H23N3O. The number of nitrogens with two attached hydrogens (primary N) is 1. The summed E-state index contributed by atoms with van der Waals surface area (Å²) in [6.45, 7) is 6.14. The SMILES string of the molecule is Cc1cc(C)c(C(=N)N)c(OC2CCCC(C)C2)n1. The molecule has 1 aliphatic rings. The van der Waals surface area contributed by atoms with Gasteiger partial charge in [-0.1, -0.05) is 13.3 Å². The van der Waals surface area contributed by atoms with E-state index in [2.05, 4.69) is 11.9 Å². The van der Waals surface area contributed by atoms with Crippen molar-refractivity contribution in [2.75, 3.05) is 0 Å². The Morgan fingerprint density at radius 3 is 2.79 bits per heavy atom. The maximum atomic E-state index is 7.70. The van der Waals surface area contributed by atoms with Gasteiger partial charge in [-0.25, -0.2) is 4.98 Å². The van der Waals surface area contributed by atoms with Crippen LogP contribution in [0, 0.1) is 25.2 Å². The molecule has 0 bridgehead atoms. The Labute approximate surface area is 114 Å². The number of pyridine rings is 1. The molecule has 0 amide bonds. The van der Waals surface area contributed by atoms with E-state index < -0.39 is 0 Å². The lowest BCUT2D eigenvalue weighted by atomic mass is 9.89. The molecule has 2 rings (SSSR count). The van der Waals surface area contributed by atoms with E-state index in [9.17, 15) is 0 Å². The molecule has 2 atom stereocenters. The van der Waals surface area contributed by atoms with Gasteiger partial charge < -0.3 is 10.5 Å². The van der Waals surface area contributed by atoms with E-state index >= 15 is 0 Å². The quantitative estimate of drug-likeness (QED) is 0.649. The third-order valence-corrected chi connectivity index (χ3v) is 3.75. The minimum absolute atomic E-state index is 0.0313.